The Morgan fingerprint density at radius 1 is 0.912 bits per heavy atom. The van der Waals surface area contributed by atoms with E-state index in [0.717, 1.165) is 16.3 Å². The highest BCUT2D eigenvalue weighted by atomic mass is 19.4. The zero-order valence-corrected chi connectivity index (χ0v) is 18.6. The Bertz CT molecular complexity index is 1300. The number of nitrogens with one attached hydrogen (secondary N) is 1. The van der Waals surface area contributed by atoms with Gasteiger partial charge in [0, 0.05) is 30.2 Å². The largest absolute Gasteiger partial charge is 0.439 e. The molecule has 0 unspecified atom stereocenters. The van der Waals surface area contributed by atoms with Gasteiger partial charge in [0.25, 0.3) is 0 Å². The van der Waals surface area contributed by atoms with E-state index in [9.17, 15) is 18.3 Å². The van der Waals surface area contributed by atoms with Crippen molar-refractivity contribution in [3.63, 3.8) is 0 Å². The first-order valence-electron chi connectivity index (χ1n) is 10.3. The molecule has 0 aliphatic rings. The predicted octanol–water partition coefficient (Wildman–Crippen LogP) is 5.75. The average molecular weight is 469 g/mol. The Morgan fingerprint density at radius 2 is 1.62 bits per heavy atom. The number of pyridine rings is 2. The van der Waals surface area contributed by atoms with Crippen LogP contribution in [0.1, 0.15) is 30.8 Å². The summed E-state index contributed by atoms with van der Waals surface area (Å²) in [7, 11) is 0. The molecule has 0 bridgehead atoms. The normalized spacial score (nSPS) is 12.0. The summed E-state index contributed by atoms with van der Waals surface area (Å²) in [6, 6.07) is 14.2. The van der Waals surface area contributed by atoms with Gasteiger partial charge in [0.1, 0.15) is 17.2 Å². The van der Waals surface area contributed by atoms with Crippen molar-refractivity contribution in [3.05, 3.63) is 83.9 Å². The van der Waals surface area contributed by atoms with Gasteiger partial charge in [0.05, 0.1) is 11.4 Å². The van der Waals surface area contributed by atoms with Crippen molar-refractivity contribution in [2.45, 2.75) is 32.5 Å². The second-order valence-corrected chi connectivity index (χ2v) is 8.21. The van der Waals surface area contributed by atoms with Crippen LogP contribution in [-0.2, 0) is 11.8 Å². The summed E-state index contributed by atoms with van der Waals surface area (Å²) in [5.41, 5.74) is 0.294. The van der Waals surface area contributed by atoms with Crippen LogP contribution in [0, 0.1) is 6.92 Å². The Labute approximate surface area is 193 Å². The minimum absolute atomic E-state index is 0.0958. The summed E-state index contributed by atoms with van der Waals surface area (Å²) in [6.07, 6.45) is -1.61. The summed E-state index contributed by atoms with van der Waals surface area (Å²) < 4.78 is 46.9. The van der Waals surface area contributed by atoms with E-state index in [4.69, 9.17) is 4.74 Å². The molecule has 0 spiro atoms. The SMILES string of the molecule is Cc1ccc(-n2nc(C(F)(F)F)cc2Oc2ccnc(Nc3ccnc(C(C)(C)O)c3)c2)cc1. The highest BCUT2D eigenvalue weighted by Gasteiger charge is 2.35. The summed E-state index contributed by atoms with van der Waals surface area (Å²) in [6.45, 7) is 5.13. The standard InChI is InChI=1S/C24H22F3N5O2/c1-15-4-6-17(7-5-15)32-22(14-20(31-32)24(25,26)27)34-18-9-11-29-21(13-18)30-16-8-10-28-19(12-16)23(2,3)33/h4-14,33H,1-3H3,(H,28,29,30). The highest BCUT2D eigenvalue weighted by molar-refractivity contribution is 5.58. The van der Waals surface area contributed by atoms with Gasteiger partial charge < -0.3 is 15.2 Å². The molecule has 0 radical (unpaired) electrons. The molecule has 2 N–H and O–H groups in total. The van der Waals surface area contributed by atoms with Crippen LogP contribution in [0.4, 0.5) is 24.7 Å². The van der Waals surface area contributed by atoms with Crippen molar-refractivity contribution in [1.82, 2.24) is 19.7 Å². The van der Waals surface area contributed by atoms with Crippen LogP contribution < -0.4 is 10.1 Å². The monoisotopic (exact) mass is 469 g/mol. The second kappa shape index (κ2) is 8.79. The van der Waals surface area contributed by atoms with Crippen LogP contribution in [0.25, 0.3) is 5.69 Å². The molecule has 0 fully saturated rings. The number of nitrogens with zero attached hydrogens (tertiary/aromatic N) is 4. The maximum Gasteiger partial charge on any atom is 0.435 e. The number of halogens is 3. The summed E-state index contributed by atoms with van der Waals surface area (Å²) in [5, 5.41) is 17.0. The number of rotatable bonds is 6. The lowest BCUT2D eigenvalue weighted by molar-refractivity contribution is -0.141. The maximum absolute atomic E-state index is 13.3. The first-order chi connectivity index (χ1) is 16.0. The van der Waals surface area contributed by atoms with Gasteiger partial charge >= 0.3 is 6.18 Å². The molecule has 4 rings (SSSR count). The first kappa shape index (κ1) is 23.2. The molecule has 0 atom stereocenters. The van der Waals surface area contributed by atoms with Crippen LogP contribution in [-0.4, -0.2) is 24.9 Å². The number of aliphatic hydroxyl groups is 1. The van der Waals surface area contributed by atoms with E-state index in [1.165, 1.54) is 12.3 Å². The number of alkyl halides is 3. The fraction of sp³-hybridized carbons (Fsp3) is 0.208. The molecule has 3 aromatic heterocycles. The van der Waals surface area contributed by atoms with E-state index in [2.05, 4.69) is 20.4 Å². The zero-order chi connectivity index (χ0) is 24.5. The third-order valence-corrected chi connectivity index (χ3v) is 4.86. The molecule has 34 heavy (non-hydrogen) atoms. The van der Waals surface area contributed by atoms with Gasteiger partial charge in [-0.1, -0.05) is 17.7 Å². The van der Waals surface area contributed by atoms with Gasteiger partial charge in [-0.2, -0.15) is 18.3 Å². The lowest BCUT2D eigenvalue weighted by Gasteiger charge is -2.17. The maximum atomic E-state index is 13.3. The molecule has 0 aliphatic carbocycles. The number of hydrogen-bond donors (Lipinski definition) is 2. The number of hydrogen-bond acceptors (Lipinski definition) is 6. The van der Waals surface area contributed by atoms with E-state index < -0.39 is 17.5 Å². The Morgan fingerprint density at radius 3 is 2.29 bits per heavy atom. The van der Waals surface area contributed by atoms with E-state index in [1.54, 1.807) is 62.5 Å². The number of anilines is 2. The van der Waals surface area contributed by atoms with Crippen LogP contribution in [0.15, 0.2) is 67.0 Å². The van der Waals surface area contributed by atoms with Crippen LogP contribution >= 0.6 is 0 Å². The molecule has 3 heterocycles. The van der Waals surface area contributed by atoms with E-state index in [-0.39, 0.29) is 11.6 Å². The fourth-order valence-corrected chi connectivity index (χ4v) is 3.10. The Hall–Kier alpha value is -3.92. The molecule has 4 aromatic rings. The Kier molecular flexibility index (Phi) is 6.01. The smallest absolute Gasteiger partial charge is 0.435 e. The van der Waals surface area contributed by atoms with Crippen LogP contribution in [0.3, 0.4) is 0 Å². The minimum atomic E-state index is -4.63. The van der Waals surface area contributed by atoms with Gasteiger partial charge in [0.15, 0.2) is 5.69 Å². The van der Waals surface area contributed by atoms with Crippen molar-refractivity contribution in [1.29, 1.82) is 0 Å². The third kappa shape index (κ3) is 5.34. The van der Waals surface area contributed by atoms with Gasteiger partial charge in [-0.25, -0.2) is 9.67 Å². The molecular formula is C24H22F3N5O2. The van der Waals surface area contributed by atoms with Gasteiger partial charge in [0.2, 0.25) is 5.88 Å². The fourth-order valence-electron chi connectivity index (χ4n) is 3.10. The number of benzene rings is 1. The van der Waals surface area contributed by atoms with Gasteiger partial charge in [-0.3, -0.25) is 4.98 Å². The van der Waals surface area contributed by atoms with Crippen molar-refractivity contribution in [3.8, 4) is 17.3 Å². The molecular weight excluding hydrogens is 447 g/mol. The molecule has 0 saturated carbocycles. The molecule has 7 nitrogen and oxygen atoms in total. The topological polar surface area (TPSA) is 85.1 Å². The van der Waals surface area contributed by atoms with E-state index >= 15 is 0 Å². The molecule has 0 amide bonds. The van der Waals surface area contributed by atoms with Gasteiger partial charge in [-0.15, -0.1) is 0 Å². The average Bonchev–Trinajstić information content (AvgIpc) is 3.18. The summed E-state index contributed by atoms with van der Waals surface area (Å²) >= 11 is 0. The van der Waals surface area contributed by atoms with E-state index in [1.807, 2.05) is 6.92 Å². The molecule has 0 aliphatic heterocycles. The zero-order valence-electron chi connectivity index (χ0n) is 18.6. The molecule has 1 aromatic carbocycles. The van der Waals surface area contributed by atoms with Crippen molar-refractivity contribution >= 4 is 11.5 Å². The molecule has 0 saturated heterocycles. The summed E-state index contributed by atoms with van der Waals surface area (Å²) in [4.78, 5) is 8.38. The minimum Gasteiger partial charge on any atom is -0.439 e. The van der Waals surface area contributed by atoms with Crippen LogP contribution in [0.5, 0.6) is 11.6 Å². The third-order valence-electron chi connectivity index (χ3n) is 4.86. The number of aryl methyl sites for hydroxylation is 1. The predicted molar refractivity (Wildman–Crippen MR) is 120 cm³/mol. The van der Waals surface area contributed by atoms with Gasteiger partial charge in [-0.05, 0) is 51.1 Å². The Balaban J connectivity index is 1.63. The second-order valence-electron chi connectivity index (χ2n) is 8.21. The number of aromatic nitrogens is 4. The molecule has 176 valence electrons. The van der Waals surface area contributed by atoms with E-state index in [0.29, 0.717) is 22.9 Å². The van der Waals surface area contributed by atoms with Crippen molar-refractivity contribution in [2.24, 2.45) is 0 Å². The lowest BCUT2D eigenvalue weighted by Crippen LogP contribution is -2.17. The number of ether oxygens (including phenoxy) is 1. The summed E-state index contributed by atoms with van der Waals surface area (Å²) in [5.74, 6) is 0.556. The first-order valence-corrected chi connectivity index (χ1v) is 10.3. The van der Waals surface area contributed by atoms with Crippen molar-refractivity contribution < 1.29 is 23.0 Å². The van der Waals surface area contributed by atoms with Crippen molar-refractivity contribution in [2.75, 3.05) is 5.32 Å². The lowest BCUT2D eigenvalue weighted by atomic mass is 10.0. The molecule has 10 heteroatoms. The highest BCUT2D eigenvalue weighted by Crippen LogP contribution is 2.34. The quantitative estimate of drug-likeness (QED) is 0.374. The van der Waals surface area contributed by atoms with Crippen LogP contribution in [0.2, 0.25) is 0 Å².